The van der Waals surface area contributed by atoms with E-state index in [9.17, 15) is 9.90 Å². The van der Waals surface area contributed by atoms with Crippen LogP contribution < -0.4 is 0 Å². The van der Waals surface area contributed by atoms with Crippen molar-refractivity contribution in [1.82, 2.24) is 9.88 Å². The van der Waals surface area contributed by atoms with Crippen LogP contribution in [0.2, 0.25) is 0 Å². The van der Waals surface area contributed by atoms with Gasteiger partial charge in [0.1, 0.15) is 0 Å². The van der Waals surface area contributed by atoms with Gasteiger partial charge < -0.3 is 15.0 Å². The van der Waals surface area contributed by atoms with E-state index in [1.54, 1.807) is 11.9 Å². The van der Waals surface area contributed by atoms with Gasteiger partial charge in [0.2, 0.25) is 5.91 Å². The largest absolute Gasteiger partial charge is 0.394 e. The summed E-state index contributed by atoms with van der Waals surface area (Å²) in [6.45, 7) is 3.39. The van der Waals surface area contributed by atoms with E-state index in [0.29, 0.717) is 0 Å². The number of amides is 1. The number of aromatic nitrogens is 1. The Morgan fingerprint density at radius 2 is 2.11 bits per heavy atom. The van der Waals surface area contributed by atoms with Gasteiger partial charge in [0, 0.05) is 36.1 Å². The van der Waals surface area contributed by atoms with Gasteiger partial charge in [-0.25, -0.2) is 0 Å². The van der Waals surface area contributed by atoms with Crippen LogP contribution in [0.3, 0.4) is 0 Å². The third-order valence-corrected chi connectivity index (χ3v) is 3.41. The molecule has 4 nitrogen and oxygen atoms in total. The van der Waals surface area contributed by atoms with Gasteiger partial charge in [0.15, 0.2) is 0 Å². The lowest BCUT2D eigenvalue weighted by molar-refractivity contribution is -0.130. The second kappa shape index (κ2) is 4.82. The first-order valence-electron chi connectivity index (χ1n) is 5.97. The first kappa shape index (κ1) is 12.6. The van der Waals surface area contributed by atoms with E-state index in [0.717, 1.165) is 22.2 Å². The predicted octanol–water partition coefficient (Wildman–Crippen LogP) is 1.99. The van der Waals surface area contributed by atoms with Crippen molar-refractivity contribution in [1.29, 1.82) is 0 Å². The summed E-state index contributed by atoms with van der Waals surface area (Å²) in [7, 11) is 1.71. The Labute approximate surface area is 106 Å². The molecule has 1 aromatic heterocycles. The zero-order valence-electron chi connectivity index (χ0n) is 10.9. The average molecular weight is 246 g/mol. The Kier molecular flexibility index (Phi) is 3.39. The maximum absolute atomic E-state index is 11.5. The van der Waals surface area contributed by atoms with Crippen LogP contribution >= 0.6 is 0 Å². The number of carbonyl (C=O) groups excluding carboxylic acids is 1. The molecule has 0 fully saturated rings. The molecular weight excluding hydrogens is 228 g/mol. The number of rotatable bonds is 3. The van der Waals surface area contributed by atoms with Crippen LogP contribution in [0.1, 0.15) is 24.2 Å². The lowest BCUT2D eigenvalue weighted by atomic mass is 10.0. The summed E-state index contributed by atoms with van der Waals surface area (Å²) in [4.78, 5) is 16.3. The lowest BCUT2D eigenvalue weighted by Gasteiger charge is -2.26. The predicted molar refractivity (Wildman–Crippen MR) is 71.3 cm³/mol. The highest BCUT2D eigenvalue weighted by Crippen LogP contribution is 2.30. The van der Waals surface area contributed by atoms with Crippen LogP contribution in [0.25, 0.3) is 10.9 Å². The third kappa shape index (κ3) is 1.99. The molecule has 18 heavy (non-hydrogen) atoms. The van der Waals surface area contributed by atoms with E-state index in [4.69, 9.17) is 0 Å². The van der Waals surface area contributed by atoms with Crippen molar-refractivity contribution in [3.63, 3.8) is 0 Å². The van der Waals surface area contributed by atoms with Crippen molar-refractivity contribution in [2.24, 2.45) is 0 Å². The first-order valence-corrected chi connectivity index (χ1v) is 5.97. The number of aliphatic hydroxyl groups is 1. The number of benzene rings is 1. The summed E-state index contributed by atoms with van der Waals surface area (Å²) in [5.74, 6) is -0.0567. The highest BCUT2D eigenvalue weighted by atomic mass is 16.3. The summed E-state index contributed by atoms with van der Waals surface area (Å²) < 4.78 is 0. The number of hydrogen-bond acceptors (Lipinski definition) is 2. The zero-order valence-corrected chi connectivity index (χ0v) is 10.9. The Morgan fingerprint density at radius 3 is 2.72 bits per heavy atom. The minimum Gasteiger partial charge on any atom is -0.394 e. The van der Waals surface area contributed by atoms with Crippen molar-refractivity contribution in [3.05, 3.63) is 35.5 Å². The van der Waals surface area contributed by atoms with E-state index >= 15 is 0 Å². The molecule has 1 heterocycles. The third-order valence-electron chi connectivity index (χ3n) is 3.41. The molecule has 1 unspecified atom stereocenters. The number of para-hydroxylation sites is 1. The second-order valence-electron chi connectivity index (χ2n) is 4.54. The number of nitrogens with one attached hydrogen (secondary N) is 1. The van der Waals surface area contributed by atoms with E-state index < -0.39 is 0 Å². The smallest absolute Gasteiger partial charge is 0.219 e. The fourth-order valence-electron chi connectivity index (χ4n) is 2.35. The zero-order chi connectivity index (χ0) is 13.3. The van der Waals surface area contributed by atoms with Gasteiger partial charge in [-0.3, -0.25) is 4.79 Å². The molecule has 0 saturated heterocycles. The minimum absolute atomic E-state index is 0.0567. The normalized spacial score (nSPS) is 12.7. The van der Waals surface area contributed by atoms with E-state index in [1.165, 1.54) is 6.92 Å². The molecule has 2 N–H and O–H groups in total. The second-order valence-corrected chi connectivity index (χ2v) is 4.54. The van der Waals surface area contributed by atoms with E-state index in [-0.39, 0.29) is 18.6 Å². The van der Waals surface area contributed by atoms with E-state index in [2.05, 4.69) is 4.98 Å². The standard InChI is InChI=1S/C14H18N2O2/c1-9-14(13(8-17)16(3)10(2)18)11-6-4-5-7-12(11)15-9/h4-7,13,15,17H,8H2,1-3H3. The van der Waals surface area contributed by atoms with Gasteiger partial charge in [-0.2, -0.15) is 0 Å². The number of nitrogens with zero attached hydrogens (tertiary/aromatic N) is 1. The summed E-state index contributed by atoms with van der Waals surface area (Å²) >= 11 is 0. The number of aliphatic hydroxyl groups excluding tert-OH is 1. The first-order chi connectivity index (χ1) is 8.56. The summed E-state index contributed by atoms with van der Waals surface area (Å²) in [6, 6.07) is 7.61. The average Bonchev–Trinajstić information content (AvgIpc) is 2.67. The molecule has 0 spiro atoms. The highest BCUT2D eigenvalue weighted by Gasteiger charge is 2.23. The quantitative estimate of drug-likeness (QED) is 0.870. The Bertz CT molecular complexity index is 574. The molecule has 0 aliphatic heterocycles. The molecule has 2 rings (SSSR count). The van der Waals surface area contributed by atoms with Crippen LogP contribution in [-0.4, -0.2) is 34.6 Å². The molecule has 2 aromatic rings. The Balaban J connectivity index is 2.57. The molecule has 1 aromatic carbocycles. The molecule has 1 amide bonds. The van der Waals surface area contributed by atoms with Crippen molar-refractivity contribution >= 4 is 16.8 Å². The summed E-state index contributed by atoms with van der Waals surface area (Å²) in [6.07, 6.45) is 0. The fourth-order valence-corrected chi connectivity index (χ4v) is 2.35. The fraction of sp³-hybridized carbons (Fsp3) is 0.357. The number of carbonyl (C=O) groups is 1. The summed E-state index contributed by atoms with van der Waals surface area (Å²) in [5.41, 5.74) is 3.01. The van der Waals surface area contributed by atoms with E-state index in [1.807, 2.05) is 31.2 Å². The van der Waals surface area contributed by atoms with Crippen molar-refractivity contribution in [2.45, 2.75) is 19.9 Å². The molecular formula is C14H18N2O2. The van der Waals surface area contributed by atoms with Gasteiger partial charge in [0.05, 0.1) is 12.6 Å². The van der Waals surface area contributed by atoms with Gasteiger partial charge >= 0.3 is 0 Å². The number of aromatic amines is 1. The van der Waals surface area contributed by atoms with Crippen LogP contribution in [0.4, 0.5) is 0 Å². The van der Waals surface area contributed by atoms with Crippen molar-refractivity contribution in [3.8, 4) is 0 Å². The molecule has 0 radical (unpaired) electrons. The Hall–Kier alpha value is -1.81. The number of likely N-dealkylation sites (N-methyl/N-ethyl adjacent to an activating group) is 1. The van der Waals surface area contributed by atoms with Gasteiger partial charge in [-0.1, -0.05) is 18.2 Å². The maximum Gasteiger partial charge on any atom is 0.219 e. The van der Waals surface area contributed by atoms with Crippen LogP contribution in [0.5, 0.6) is 0 Å². The SMILES string of the molecule is CC(=O)N(C)C(CO)c1c(C)[nH]c2ccccc12. The number of H-pyrrole nitrogens is 1. The molecule has 0 aliphatic carbocycles. The number of fused-ring (bicyclic) bond motifs is 1. The molecule has 0 bridgehead atoms. The van der Waals surface area contributed by atoms with Crippen molar-refractivity contribution < 1.29 is 9.90 Å². The van der Waals surface area contributed by atoms with Gasteiger partial charge in [-0.15, -0.1) is 0 Å². The van der Waals surface area contributed by atoms with Gasteiger partial charge in [0.25, 0.3) is 0 Å². The Morgan fingerprint density at radius 1 is 1.44 bits per heavy atom. The monoisotopic (exact) mass is 246 g/mol. The maximum atomic E-state index is 11.5. The molecule has 0 saturated carbocycles. The minimum atomic E-state index is -0.307. The molecule has 1 atom stereocenters. The van der Waals surface area contributed by atoms with Gasteiger partial charge in [-0.05, 0) is 13.0 Å². The number of hydrogen-bond donors (Lipinski definition) is 2. The summed E-state index contributed by atoms with van der Waals surface area (Å²) in [5, 5.41) is 10.7. The van der Waals surface area contributed by atoms with Crippen LogP contribution in [0.15, 0.2) is 24.3 Å². The number of aryl methyl sites for hydroxylation is 1. The lowest BCUT2D eigenvalue weighted by Crippen LogP contribution is -2.31. The van der Waals surface area contributed by atoms with Crippen LogP contribution in [0, 0.1) is 6.92 Å². The molecule has 0 aliphatic rings. The molecule has 4 heteroatoms. The molecule has 96 valence electrons. The topological polar surface area (TPSA) is 56.3 Å². The highest BCUT2D eigenvalue weighted by molar-refractivity contribution is 5.86. The van der Waals surface area contributed by atoms with Crippen LogP contribution in [-0.2, 0) is 4.79 Å². The van der Waals surface area contributed by atoms with Crippen molar-refractivity contribution in [2.75, 3.05) is 13.7 Å².